The average Bonchev–Trinajstić information content (AvgIpc) is 2.42. The Bertz CT molecular complexity index is 346. The molecular weight excluding hydrogens is 270 g/mol. The molecule has 0 unspecified atom stereocenters. The number of rotatable bonds is 5. The van der Waals surface area contributed by atoms with Crippen molar-refractivity contribution in [3.05, 3.63) is 0 Å². The van der Waals surface area contributed by atoms with E-state index in [2.05, 4.69) is 25.8 Å². The molecule has 7 heteroatoms. The molecule has 1 aliphatic heterocycles. The highest BCUT2D eigenvalue weighted by molar-refractivity contribution is 5.86. The van der Waals surface area contributed by atoms with Gasteiger partial charge in [-0.1, -0.05) is 0 Å². The van der Waals surface area contributed by atoms with Crippen LogP contribution in [0.2, 0.25) is 0 Å². The summed E-state index contributed by atoms with van der Waals surface area (Å²) >= 11 is 0. The molecule has 122 valence electrons. The van der Waals surface area contributed by atoms with E-state index >= 15 is 0 Å². The molecule has 1 rings (SSSR count). The molecule has 21 heavy (non-hydrogen) atoms. The third-order valence-electron chi connectivity index (χ3n) is 2.98. The molecule has 1 amide bonds. The van der Waals surface area contributed by atoms with Gasteiger partial charge >= 0.3 is 0 Å². The standard InChI is InChI=1S/C14H29N5O2/c1-14(2,3)18-12(20)11-17-13(15-4)16-5-6-19-7-9-21-10-8-19/h5-11H2,1-4H3,(H,18,20)(H2,15,16,17). The number of amides is 1. The van der Waals surface area contributed by atoms with E-state index in [1.54, 1.807) is 7.05 Å². The topological polar surface area (TPSA) is 78.0 Å². The zero-order chi connectivity index (χ0) is 15.7. The monoisotopic (exact) mass is 299 g/mol. The van der Waals surface area contributed by atoms with Gasteiger partial charge in [0, 0.05) is 38.8 Å². The first kappa shape index (κ1) is 17.7. The SMILES string of the molecule is CN=C(NCCN1CCOCC1)NCC(=O)NC(C)(C)C. The minimum absolute atomic E-state index is 0.0429. The third-order valence-corrected chi connectivity index (χ3v) is 2.98. The van der Waals surface area contributed by atoms with Crippen molar-refractivity contribution in [1.82, 2.24) is 20.9 Å². The number of ether oxygens (including phenoxy) is 1. The fourth-order valence-corrected chi connectivity index (χ4v) is 2.00. The lowest BCUT2D eigenvalue weighted by Gasteiger charge is -2.26. The number of carbonyl (C=O) groups excluding carboxylic acids is 1. The summed E-state index contributed by atoms with van der Waals surface area (Å²) in [6.45, 7) is 11.4. The maximum atomic E-state index is 11.7. The Morgan fingerprint density at radius 2 is 1.90 bits per heavy atom. The number of aliphatic imine (C=N–C) groups is 1. The van der Waals surface area contributed by atoms with Gasteiger partial charge in [0.25, 0.3) is 0 Å². The molecule has 0 atom stereocenters. The Kier molecular flexibility index (Phi) is 7.45. The lowest BCUT2D eigenvalue weighted by Crippen LogP contribution is -2.49. The molecule has 0 aromatic heterocycles. The average molecular weight is 299 g/mol. The number of nitrogens with zero attached hydrogens (tertiary/aromatic N) is 2. The van der Waals surface area contributed by atoms with Crippen LogP contribution in [0.15, 0.2) is 4.99 Å². The first-order valence-electron chi connectivity index (χ1n) is 7.46. The summed E-state index contributed by atoms with van der Waals surface area (Å²) in [6, 6.07) is 0. The van der Waals surface area contributed by atoms with Crippen molar-refractivity contribution in [3.63, 3.8) is 0 Å². The molecule has 0 spiro atoms. The minimum atomic E-state index is -0.216. The van der Waals surface area contributed by atoms with E-state index < -0.39 is 0 Å². The van der Waals surface area contributed by atoms with Gasteiger partial charge in [-0.05, 0) is 20.8 Å². The Morgan fingerprint density at radius 3 is 2.48 bits per heavy atom. The van der Waals surface area contributed by atoms with E-state index in [1.807, 2.05) is 20.8 Å². The fraction of sp³-hybridized carbons (Fsp3) is 0.857. The molecule has 1 heterocycles. The summed E-state index contributed by atoms with van der Waals surface area (Å²) in [5, 5.41) is 9.12. The zero-order valence-electron chi connectivity index (χ0n) is 13.7. The Hall–Kier alpha value is -1.34. The summed E-state index contributed by atoms with van der Waals surface area (Å²) in [5.74, 6) is 0.603. The van der Waals surface area contributed by atoms with Crippen molar-refractivity contribution >= 4 is 11.9 Å². The van der Waals surface area contributed by atoms with Crippen LogP contribution >= 0.6 is 0 Å². The molecule has 0 aliphatic carbocycles. The quantitative estimate of drug-likeness (QED) is 0.467. The third kappa shape index (κ3) is 8.52. The van der Waals surface area contributed by atoms with Crippen LogP contribution in [0, 0.1) is 0 Å². The van der Waals surface area contributed by atoms with Crippen molar-refractivity contribution < 1.29 is 9.53 Å². The van der Waals surface area contributed by atoms with Gasteiger partial charge in [-0.3, -0.25) is 14.7 Å². The van der Waals surface area contributed by atoms with Crippen LogP contribution in [-0.4, -0.2) is 75.3 Å². The second-order valence-electron chi connectivity index (χ2n) is 6.10. The number of morpholine rings is 1. The molecule has 1 fully saturated rings. The van der Waals surface area contributed by atoms with Crippen LogP contribution in [-0.2, 0) is 9.53 Å². The largest absolute Gasteiger partial charge is 0.379 e. The van der Waals surface area contributed by atoms with Crippen molar-refractivity contribution in [2.24, 2.45) is 4.99 Å². The second-order valence-corrected chi connectivity index (χ2v) is 6.10. The predicted octanol–water partition coefficient (Wildman–Crippen LogP) is -0.602. The lowest BCUT2D eigenvalue weighted by atomic mass is 10.1. The Labute approximate surface area is 127 Å². The van der Waals surface area contributed by atoms with Gasteiger partial charge in [0.2, 0.25) is 5.91 Å². The molecule has 1 saturated heterocycles. The van der Waals surface area contributed by atoms with Crippen LogP contribution < -0.4 is 16.0 Å². The van der Waals surface area contributed by atoms with Crippen LogP contribution in [0.25, 0.3) is 0 Å². The van der Waals surface area contributed by atoms with Gasteiger partial charge in [-0.2, -0.15) is 0 Å². The number of hydrogen-bond acceptors (Lipinski definition) is 4. The van der Waals surface area contributed by atoms with Crippen LogP contribution in [0.4, 0.5) is 0 Å². The number of nitrogens with one attached hydrogen (secondary N) is 3. The Morgan fingerprint density at radius 1 is 1.24 bits per heavy atom. The highest BCUT2D eigenvalue weighted by Gasteiger charge is 2.14. The van der Waals surface area contributed by atoms with Crippen molar-refractivity contribution in [2.45, 2.75) is 26.3 Å². The summed E-state index contributed by atoms with van der Waals surface area (Å²) in [5.41, 5.74) is -0.216. The second kappa shape index (κ2) is 8.84. The van der Waals surface area contributed by atoms with E-state index in [1.165, 1.54) is 0 Å². The first-order chi connectivity index (χ1) is 9.90. The van der Waals surface area contributed by atoms with Gasteiger partial charge in [-0.15, -0.1) is 0 Å². The van der Waals surface area contributed by atoms with Crippen molar-refractivity contribution in [3.8, 4) is 0 Å². The van der Waals surface area contributed by atoms with Gasteiger partial charge < -0.3 is 20.7 Å². The molecule has 3 N–H and O–H groups in total. The molecule has 7 nitrogen and oxygen atoms in total. The molecule has 0 saturated carbocycles. The molecular formula is C14H29N5O2. The van der Waals surface area contributed by atoms with E-state index in [4.69, 9.17) is 4.74 Å². The lowest BCUT2D eigenvalue weighted by molar-refractivity contribution is -0.121. The van der Waals surface area contributed by atoms with Crippen LogP contribution in [0.3, 0.4) is 0 Å². The molecule has 1 aliphatic rings. The summed E-state index contributed by atoms with van der Waals surface area (Å²) in [4.78, 5) is 18.2. The van der Waals surface area contributed by atoms with Crippen molar-refractivity contribution in [1.29, 1.82) is 0 Å². The normalized spacial score (nSPS) is 17.4. The highest BCUT2D eigenvalue weighted by Crippen LogP contribution is 1.97. The summed E-state index contributed by atoms with van der Waals surface area (Å²) in [6.07, 6.45) is 0. The number of carbonyl (C=O) groups is 1. The Balaban J connectivity index is 2.18. The molecule has 0 aromatic rings. The zero-order valence-corrected chi connectivity index (χ0v) is 13.7. The molecule has 0 radical (unpaired) electrons. The predicted molar refractivity (Wildman–Crippen MR) is 84.5 cm³/mol. The van der Waals surface area contributed by atoms with Gasteiger partial charge in [0.15, 0.2) is 5.96 Å². The fourth-order valence-electron chi connectivity index (χ4n) is 2.00. The van der Waals surface area contributed by atoms with Gasteiger partial charge in [0.1, 0.15) is 0 Å². The van der Waals surface area contributed by atoms with Crippen LogP contribution in [0.1, 0.15) is 20.8 Å². The number of guanidine groups is 1. The molecule has 0 bridgehead atoms. The van der Waals surface area contributed by atoms with E-state index in [-0.39, 0.29) is 18.0 Å². The van der Waals surface area contributed by atoms with Gasteiger partial charge in [-0.25, -0.2) is 0 Å². The maximum absolute atomic E-state index is 11.7. The van der Waals surface area contributed by atoms with E-state index in [0.717, 1.165) is 39.4 Å². The number of hydrogen-bond donors (Lipinski definition) is 3. The minimum Gasteiger partial charge on any atom is -0.379 e. The van der Waals surface area contributed by atoms with E-state index in [0.29, 0.717) is 5.96 Å². The summed E-state index contributed by atoms with van der Waals surface area (Å²) < 4.78 is 5.31. The van der Waals surface area contributed by atoms with Crippen molar-refractivity contribution in [2.75, 3.05) is 53.0 Å². The van der Waals surface area contributed by atoms with Gasteiger partial charge in [0.05, 0.1) is 19.8 Å². The molecule has 0 aromatic carbocycles. The maximum Gasteiger partial charge on any atom is 0.239 e. The first-order valence-corrected chi connectivity index (χ1v) is 7.46. The highest BCUT2D eigenvalue weighted by atomic mass is 16.5. The van der Waals surface area contributed by atoms with E-state index in [9.17, 15) is 4.79 Å². The smallest absolute Gasteiger partial charge is 0.239 e. The summed E-state index contributed by atoms with van der Waals surface area (Å²) in [7, 11) is 1.70. The van der Waals surface area contributed by atoms with Crippen LogP contribution in [0.5, 0.6) is 0 Å².